The van der Waals surface area contributed by atoms with Gasteiger partial charge in [-0.1, -0.05) is 12.1 Å². The number of halogens is 2. The molecule has 1 N–H and O–H groups in total. The summed E-state index contributed by atoms with van der Waals surface area (Å²) < 4.78 is 18.1. The highest BCUT2D eigenvalue weighted by molar-refractivity contribution is 6.28. The number of hydrogen-bond donors (Lipinski definition) is 1. The minimum absolute atomic E-state index is 0.0351. The molecule has 1 aromatic carbocycles. The second-order valence-corrected chi connectivity index (χ2v) is 4.19. The minimum Gasteiger partial charge on any atom is -0.448 e. The van der Waals surface area contributed by atoms with Crippen LogP contribution in [0.4, 0.5) is 4.39 Å². The fourth-order valence-corrected chi connectivity index (χ4v) is 1.87. The highest BCUT2D eigenvalue weighted by Gasteiger charge is 2.14. The highest BCUT2D eigenvalue weighted by Crippen LogP contribution is 2.23. The summed E-state index contributed by atoms with van der Waals surface area (Å²) in [5, 5.41) is 3.52. The van der Waals surface area contributed by atoms with Crippen LogP contribution in [0.2, 0.25) is 5.22 Å². The third kappa shape index (κ3) is 3.08. The van der Waals surface area contributed by atoms with E-state index in [0.29, 0.717) is 5.22 Å². The van der Waals surface area contributed by atoms with Gasteiger partial charge in [0.05, 0.1) is 6.04 Å². The van der Waals surface area contributed by atoms with Crippen molar-refractivity contribution in [2.45, 2.75) is 12.5 Å². The van der Waals surface area contributed by atoms with Crippen molar-refractivity contribution in [3.63, 3.8) is 0 Å². The average Bonchev–Trinajstić information content (AvgIpc) is 2.75. The normalized spacial score (nSPS) is 12.6. The molecule has 1 heterocycles. The van der Waals surface area contributed by atoms with Gasteiger partial charge in [-0.05, 0) is 54.9 Å². The fourth-order valence-electron chi connectivity index (χ4n) is 1.72. The van der Waals surface area contributed by atoms with E-state index in [1.54, 1.807) is 18.2 Å². The molecule has 1 unspecified atom stereocenters. The summed E-state index contributed by atoms with van der Waals surface area (Å²) in [5.41, 5.74) is 1.04. The lowest BCUT2D eigenvalue weighted by Crippen LogP contribution is -2.18. The van der Waals surface area contributed by atoms with Crippen LogP contribution in [0.5, 0.6) is 0 Å². The summed E-state index contributed by atoms with van der Waals surface area (Å²) in [6.45, 7) is 0. The molecule has 1 atom stereocenters. The molecular formula is C13H13ClFNO. The Morgan fingerprint density at radius 1 is 1.24 bits per heavy atom. The van der Waals surface area contributed by atoms with Gasteiger partial charge in [-0.2, -0.15) is 0 Å². The van der Waals surface area contributed by atoms with Gasteiger partial charge in [0, 0.05) is 0 Å². The van der Waals surface area contributed by atoms with Crippen LogP contribution >= 0.6 is 11.6 Å². The Morgan fingerprint density at radius 3 is 2.47 bits per heavy atom. The molecule has 0 spiro atoms. The zero-order chi connectivity index (χ0) is 12.3. The van der Waals surface area contributed by atoms with Gasteiger partial charge in [0.2, 0.25) is 0 Å². The molecule has 2 rings (SSSR count). The van der Waals surface area contributed by atoms with Crippen molar-refractivity contribution in [3.8, 4) is 0 Å². The molecule has 0 aliphatic carbocycles. The smallest absolute Gasteiger partial charge is 0.193 e. The maximum absolute atomic E-state index is 12.8. The van der Waals surface area contributed by atoms with Crippen LogP contribution in [0.15, 0.2) is 40.8 Å². The molecule has 0 saturated carbocycles. The summed E-state index contributed by atoms with van der Waals surface area (Å²) in [4.78, 5) is 0. The maximum atomic E-state index is 12.8. The molecule has 0 aliphatic heterocycles. The lowest BCUT2D eigenvalue weighted by Gasteiger charge is -2.13. The largest absolute Gasteiger partial charge is 0.448 e. The van der Waals surface area contributed by atoms with Crippen molar-refractivity contribution < 1.29 is 8.81 Å². The molecule has 0 saturated heterocycles. The summed E-state index contributed by atoms with van der Waals surface area (Å²) in [7, 11) is 1.85. The Balaban J connectivity index is 2.12. The number of benzene rings is 1. The standard InChI is InChI=1S/C13H13ClFNO/c1-16-11(12-6-7-13(14)17-12)8-9-2-4-10(15)5-3-9/h2-7,11,16H,8H2,1H3. The van der Waals surface area contributed by atoms with Gasteiger partial charge in [-0.3, -0.25) is 0 Å². The van der Waals surface area contributed by atoms with Crippen molar-refractivity contribution >= 4 is 11.6 Å². The number of rotatable bonds is 4. The summed E-state index contributed by atoms with van der Waals surface area (Å²) in [6.07, 6.45) is 0.723. The van der Waals surface area contributed by atoms with E-state index in [9.17, 15) is 4.39 Å². The monoisotopic (exact) mass is 253 g/mol. The Hall–Kier alpha value is -1.32. The van der Waals surface area contributed by atoms with E-state index in [-0.39, 0.29) is 11.9 Å². The van der Waals surface area contributed by atoms with Gasteiger partial charge in [0.15, 0.2) is 5.22 Å². The van der Waals surface area contributed by atoms with Gasteiger partial charge in [0.1, 0.15) is 11.6 Å². The first kappa shape index (κ1) is 12.1. The number of hydrogen-bond acceptors (Lipinski definition) is 2. The number of likely N-dealkylation sites (N-methyl/N-ethyl adjacent to an activating group) is 1. The topological polar surface area (TPSA) is 25.2 Å². The average molecular weight is 254 g/mol. The molecule has 0 amide bonds. The molecule has 4 heteroatoms. The first-order valence-electron chi connectivity index (χ1n) is 5.36. The zero-order valence-corrected chi connectivity index (χ0v) is 10.2. The second kappa shape index (κ2) is 5.34. The summed E-state index contributed by atoms with van der Waals surface area (Å²) in [5.74, 6) is 0.553. The summed E-state index contributed by atoms with van der Waals surface area (Å²) >= 11 is 5.74. The van der Waals surface area contributed by atoms with Crippen LogP contribution in [-0.4, -0.2) is 7.05 Å². The van der Waals surface area contributed by atoms with Gasteiger partial charge in [-0.25, -0.2) is 4.39 Å². The van der Waals surface area contributed by atoms with E-state index in [0.717, 1.165) is 17.7 Å². The Labute approximate surface area is 104 Å². The molecule has 0 fully saturated rings. The Kier molecular flexibility index (Phi) is 3.82. The molecule has 0 radical (unpaired) electrons. The summed E-state index contributed by atoms with van der Waals surface area (Å²) in [6, 6.07) is 10.0. The predicted octanol–water partition coefficient (Wildman–Crippen LogP) is 3.58. The molecule has 0 aliphatic rings. The van der Waals surface area contributed by atoms with Gasteiger partial charge >= 0.3 is 0 Å². The first-order chi connectivity index (χ1) is 8.19. The maximum Gasteiger partial charge on any atom is 0.193 e. The molecule has 90 valence electrons. The zero-order valence-electron chi connectivity index (χ0n) is 9.41. The van der Waals surface area contributed by atoms with Crippen LogP contribution in [-0.2, 0) is 6.42 Å². The Bertz CT molecular complexity index is 480. The molecule has 17 heavy (non-hydrogen) atoms. The lowest BCUT2D eigenvalue weighted by atomic mass is 10.0. The lowest BCUT2D eigenvalue weighted by molar-refractivity contribution is 0.430. The third-order valence-corrected chi connectivity index (χ3v) is 2.84. The quantitative estimate of drug-likeness (QED) is 0.901. The highest BCUT2D eigenvalue weighted by atomic mass is 35.5. The van der Waals surface area contributed by atoms with E-state index in [2.05, 4.69) is 5.32 Å². The van der Waals surface area contributed by atoms with E-state index < -0.39 is 0 Å². The van der Waals surface area contributed by atoms with Crippen LogP contribution < -0.4 is 5.32 Å². The number of nitrogens with one attached hydrogen (secondary N) is 1. The second-order valence-electron chi connectivity index (χ2n) is 3.81. The van der Waals surface area contributed by atoms with Crippen molar-refractivity contribution in [2.24, 2.45) is 0 Å². The predicted molar refractivity (Wildman–Crippen MR) is 65.6 cm³/mol. The fraction of sp³-hybridized carbons (Fsp3) is 0.231. The SMILES string of the molecule is CNC(Cc1ccc(F)cc1)c1ccc(Cl)o1. The number of furan rings is 1. The van der Waals surface area contributed by atoms with Crippen molar-refractivity contribution in [3.05, 3.63) is 58.8 Å². The van der Waals surface area contributed by atoms with Crippen molar-refractivity contribution in [2.75, 3.05) is 7.05 Å². The first-order valence-corrected chi connectivity index (χ1v) is 5.74. The Morgan fingerprint density at radius 2 is 1.94 bits per heavy atom. The molecule has 1 aromatic heterocycles. The van der Waals surface area contributed by atoms with Crippen molar-refractivity contribution in [1.82, 2.24) is 5.32 Å². The molecule has 2 nitrogen and oxygen atoms in total. The van der Waals surface area contributed by atoms with Crippen LogP contribution in [0.25, 0.3) is 0 Å². The van der Waals surface area contributed by atoms with E-state index >= 15 is 0 Å². The van der Waals surface area contributed by atoms with Crippen molar-refractivity contribution in [1.29, 1.82) is 0 Å². The molecular weight excluding hydrogens is 241 g/mol. The van der Waals surface area contributed by atoms with Gasteiger partial charge < -0.3 is 9.73 Å². The van der Waals surface area contributed by atoms with E-state index in [1.807, 2.05) is 13.1 Å². The van der Waals surface area contributed by atoms with Gasteiger partial charge in [-0.15, -0.1) is 0 Å². The van der Waals surface area contributed by atoms with Crippen LogP contribution in [0.1, 0.15) is 17.4 Å². The van der Waals surface area contributed by atoms with Crippen LogP contribution in [0, 0.1) is 5.82 Å². The molecule has 2 aromatic rings. The molecule has 0 bridgehead atoms. The third-order valence-electron chi connectivity index (χ3n) is 2.64. The van der Waals surface area contributed by atoms with Gasteiger partial charge in [0.25, 0.3) is 0 Å². The van der Waals surface area contributed by atoms with E-state index in [1.165, 1.54) is 12.1 Å². The minimum atomic E-state index is -0.226. The van der Waals surface area contributed by atoms with E-state index in [4.69, 9.17) is 16.0 Å². The van der Waals surface area contributed by atoms with Crippen LogP contribution in [0.3, 0.4) is 0 Å².